The molecule has 6 nitrogen and oxygen atoms in total. The highest BCUT2D eigenvalue weighted by Crippen LogP contribution is 2.44. The maximum Gasteiger partial charge on any atom is 0.228 e. The van der Waals surface area contributed by atoms with E-state index in [1.807, 2.05) is 18.2 Å². The molecule has 2 aromatic carbocycles. The lowest BCUT2D eigenvalue weighted by Gasteiger charge is -2.35. The molecule has 2 aromatic rings. The standard InChI is InChI=1S/C24H30ClN3O3/c1-30-20-13-16-15(9-12-28-10-4-3-5-11-28)24(29)27-23(17(16)14-21(20)31-2)22-18(25)7-6-8-19(22)26/h6-8,13-15,23H,3-5,9-12,26H2,1-2H3,(H,27,29). The van der Waals surface area contributed by atoms with Gasteiger partial charge in [-0.3, -0.25) is 4.79 Å². The number of benzene rings is 2. The van der Waals surface area contributed by atoms with Crippen molar-refractivity contribution in [1.29, 1.82) is 0 Å². The number of hydrogen-bond donors (Lipinski definition) is 2. The number of halogens is 1. The van der Waals surface area contributed by atoms with E-state index in [0.717, 1.165) is 37.2 Å². The molecule has 2 aliphatic rings. The molecule has 7 heteroatoms. The number of anilines is 1. The Morgan fingerprint density at radius 2 is 1.77 bits per heavy atom. The topological polar surface area (TPSA) is 76.8 Å². The van der Waals surface area contributed by atoms with Gasteiger partial charge in [0.2, 0.25) is 5.91 Å². The lowest BCUT2D eigenvalue weighted by Crippen LogP contribution is -2.41. The van der Waals surface area contributed by atoms with E-state index >= 15 is 0 Å². The van der Waals surface area contributed by atoms with Crippen LogP contribution in [0.2, 0.25) is 5.02 Å². The van der Waals surface area contributed by atoms with Gasteiger partial charge in [0.15, 0.2) is 11.5 Å². The highest BCUT2D eigenvalue weighted by Gasteiger charge is 2.37. The number of ether oxygens (including phenoxy) is 2. The van der Waals surface area contributed by atoms with Crippen molar-refractivity contribution < 1.29 is 14.3 Å². The molecule has 0 bridgehead atoms. The molecular formula is C24H30ClN3O3. The first-order chi connectivity index (χ1) is 15.0. The number of nitrogen functional groups attached to an aromatic ring is 1. The first kappa shape index (κ1) is 21.8. The van der Waals surface area contributed by atoms with Crippen LogP contribution >= 0.6 is 11.6 Å². The van der Waals surface area contributed by atoms with Crippen LogP contribution in [0.1, 0.15) is 54.3 Å². The minimum absolute atomic E-state index is 0.0129. The predicted octanol–water partition coefficient (Wildman–Crippen LogP) is 4.12. The Kier molecular flexibility index (Phi) is 6.58. The van der Waals surface area contributed by atoms with Crippen LogP contribution < -0.4 is 20.5 Å². The Morgan fingerprint density at radius 3 is 2.42 bits per heavy atom. The Bertz CT molecular complexity index is 939. The highest BCUT2D eigenvalue weighted by atomic mass is 35.5. The van der Waals surface area contributed by atoms with Gasteiger partial charge in [-0.2, -0.15) is 0 Å². The molecule has 0 saturated carbocycles. The van der Waals surface area contributed by atoms with Gasteiger partial charge in [-0.25, -0.2) is 0 Å². The molecular weight excluding hydrogens is 414 g/mol. The number of likely N-dealkylation sites (tertiary alicyclic amines) is 1. The average Bonchev–Trinajstić information content (AvgIpc) is 2.78. The van der Waals surface area contributed by atoms with Gasteiger partial charge in [-0.05, 0) is 74.3 Å². The number of carbonyl (C=O) groups excluding carboxylic acids is 1. The summed E-state index contributed by atoms with van der Waals surface area (Å²) >= 11 is 6.51. The minimum Gasteiger partial charge on any atom is -0.493 e. The number of carbonyl (C=O) groups is 1. The van der Waals surface area contributed by atoms with E-state index in [2.05, 4.69) is 10.2 Å². The summed E-state index contributed by atoms with van der Waals surface area (Å²) in [5.74, 6) is 0.949. The lowest BCUT2D eigenvalue weighted by molar-refractivity contribution is -0.124. The predicted molar refractivity (Wildman–Crippen MR) is 123 cm³/mol. The van der Waals surface area contributed by atoms with E-state index in [0.29, 0.717) is 27.8 Å². The summed E-state index contributed by atoms with van der Waals surface area (Å²) in [7, 11) is 3.22. The number of amides is 1. The highest BCUT2D eigenvalue weighted by molar-refractivity contribution is 6.31. The molecule has 4 rings (SSSR count). The molecule has 1 fully saturated rings. The molecule has 0 spiro atoms. The fourth-order valence-corrected chi connectivity index (χ4v) is 5.08. The van der Waals surface area contributed by atoms with E-state index in [1.165, 1.54) is 19.3 Å². The number of nitrogens with one attached hydrogen (secondary N) is 1. The number of nitrogens with zero attached hydrogens (tertiary/aromatic N) is 1. The van der Waals surface area contributed by atoms with Crippen molar-refractivity contribution in [1.82, 2.24) is 10.2 Å². The van der Waals surface area contributed by atoms with E-state index in [9.17, 15) is 4.79 Å². The summed E-state index contributed by atoms with van der Waals surface area (Å²) < 4.78 is 11.1. The summed E-state index contributed by atoms with van der Waals surface area (Å²) in [6.07, 6.45) is 4.50. The van der Waals surface area contributed by atoms with Gasteiger partial charge in [0.05, 0.1) is 26.2 Å². The summed E-state index contributed by atoms with van der Waals surface area (Å²) in [6.45, 7) is 3.10. The monoisotopic (exact) mass is 443 g/mol. The fourth-order valence-electron chi connectivity index (χ4n) is 4.79. The second kappa shape index (κ2) is 9.37. The molecule has 1 amide bonds. The van der Waals surface area contributed by atoms with Crippen molar-refractivity contribution in [2.75, 3.05) is 39.6 Å². The molecule has 2 heterocycles. The molecule has 166 valence electrons. The summed E-state index contributed by atoms with van der Waals surface area (Å²) in [4.78, 5) is 15.8. The van der Waals surface area contributed by atoms with E-state index in [4.69, 9.17) is 26.8 Å². The van der Waals surface area contributed by atoms with Crippen LogP contribution in [-0.2, 0) is 4.79 Å². The van der Waals surface area contributed by atoms with Crippen molar-refractivity contribution in [2.45, 2.75) is 37.6 Å². The first-order valence-corrected chi connectivity index (χ1v) is 11.2. The van der Waals surface area contributed by atoms with Gasteiger partial charge in [-0.1, -0.05) is 24.1 Å². The Balaban J connectivity index is 1.75. The first-order valence-electron chi connectivity index (χ1n) is 10.9. The maximum atomic E-state index is 13.3. The van der Waals surface area contributed by atoms with Gasteiger partial charge in [-0.15, -0.1) is 0 Å². The van der Waals surface area contributed by atoms with Crippen LogP contribution in [-0.4, -0.2) is 44.7 Å². The summed E-state index contributed by atoms with van der Waals surface area (Å²) in [6, 6.07) is 8.84. The number of methoxy groups -OCH3 is 2. The largest absolute Gasteiger partial charge is 0.493 e. The third kappa shape index (κ3) is 4.32. The minimum atomic E-state index is -0.442. The van der Waals surface area contributed by atoms with Crippen molar-refractivity contribution in [3.63, 3.8) is 0 Å². The van der Waals surface area contributed by atoms with Gasteiger partial charge in [0.25, 0.3) is 0 Å². The molecule has 2 unspecified atom stereocenters. The second-order valence-electron chi connectivity index (χ2n) is 8.26. The molecule has 1 saturated heterocycles. The Hall–Kier alpha value is -2.44. The van der Waals surface area contributed by atoms with Gasteiger partial charge in [0.1, 0.15) is 0 Å². The molecule has 0 aliphatic carbocycles. The zero-order chi connectivity index (χ0) is 22.0. The second-order valence-corrected chi connectivity index (χ2v) is 8.67. The normalized spacial score (nSPS) is 21.3. The van der Waals surface area contributed by atoms with Crippen molar-refractivity contribution >= 4 is 23.2 Å². The van der Waals surface area contributed by atoms with Crippen LogP contribution in [0.25, 0.3) is 0 Å². The van der Waals surface area contributed by atoms with Crippen LogP contribution in [0.5, 0.6) is 11.5 Å². The van der Waals surface area contributed by atoms with E-state index in [-0.39, 0.29) is 11.8 Å². The van der Waals surface area contributed by atoms with Crippen LogP contribution in [0, 0.1) is 0 Å². The Morgan fingerprint density at radius 1 is 1.10 bits per heavy atom. The third-order valence-electron chi connectivity index (χ3n) is 6.44. The zero-order valence-corrected chi connectivity index (χ0v) is 18.9. The molecule has 2 atom stereocenters. The van der Waals surface area contributed by atoms with Gasteiger partial charge in [0, 0.05) is 16.3 Å². The number of hydrogen-bond acceptors (Lipinski definition) is 5. The van der Waals surface area contributed by atoms with Gasteiger partial charge < -0.3 is 25.4 Å². The summed E-state index contributed by atoms with van der Waals surface area (Å²) in [5.41, 5.74) is 9.42. The quantitative estimate of drug-likeness (QED) is 0.657. The number of rotatable bonds is 6. The molecule has 31 heavy (non-hydrogen) atoms. The van der Waals surface area contributed by atoms with E-state index < -0.39 is 6.04 Å². The average molecular weight is 444 g/mol. The SMILES string of the molecule is COc1cc2c(cc1OC)C(c1c(N)cccc1Cl)NC(=O)C2CCN1CCCCC1. The van der Waals surface area contributed by atoms with Crippen LogP contribution in [0.15, 0.2) is 30.3 Å². The fraction of sp³-hybridized carbons (Fsp3) is 0.458. The zero-order valence-electron chi connectivity index (χ0n) is 18.1. The third-order valence-corrected chi connectivity index (χ3v) is 6.77. The molecule has 0 radical (unpaired) electrons. The Labute approximate surface area is 188 Å². The molecule has 2 aliphatic heterocycles. The number of nitrogens with two attached hydrogens (primary N) is 1. The smallest absolute Gasteiger partial charge is 0.228 e. The van der Waals surface area contributed by atoms with Crippen molar-refractivity contribution in [3.8, 4) is 11.5 Å². The van der Waals surface area contributed by atoms with Gasteiger partial charge >= 0.3 is 0 Å². The van der Waals surface area contributed by atoms with Crippen molar-refractivity contribution in [3.05, 3.63) is 52.0 Å². The number of fused-ring (bicyclic) bond motifs is 1. The number of piperidine rings is 1. The maximum absolute atomic E-state index is 13.3. The molecule has 3 N–H and O–H groups in total. The molecule has 0 aromatic heterocycles. The summed E-state index contributed by atoms with van der Waals surface area (Å²) in [5, 5.41) is 3.70. The van der Waals surface area contributed by atoms with Crippen molar-refractivity contribution in [2.24, 2.45) is 0 Å². The lowest BCUT2D eigenvalue weighted by atomic mass is 9.81. The van der Waals surface area contributed by atoms with Crippen LogP contribution in [0.4, 0.5) is 5.69 Å². The van der Waals surface area contributed by atoms with Crippen LogP contribution in [0.3, 0.4) is 0 Å². The van der Waals surface area contributed by atoms with E-state index in [1.54, 1.807) is 26.4 Å².